The van der Waals surface area contributed by atoms with Gasteiger partial charge in [0.05, 0.1) is 0 Å². The van der Waals surface area contributed by atoms with Gasteiger partial charge in [0.25, 0.3) is 0 Å². The fraction of sp³-hybridized carbons (Fsp3) is 0.346. The minimum atomic E-state index is -0.998. The second-order valence-corrected chi connectivity index (χ2v) is 9.34. The second kappa shape index (κ2) is 7.35. The van der Waals surface area contributed by atoms with Gasteiger partial charge in [0.1, 0.15) is 0 Å². The van der Waals surface area contributed by atoms with Gasteiger partial charge in [-0.2, -0.15) is 0 Å². The molecule has 1 aliphatic rings. The Bertz CT molecular complexity index is 1070. The molecule has 0 saturated heterocycles. The number of aliphatic carboxylic acids is 1. The Morgan fingerprint density at radius 1 is 0.833 bits per heavy atom. The molecule has 4 nitrogen and oxygen atoms in total. The van der Waals surface area contributed by atoms with Crippen molar-refractivity contribution in [1.82, 2.24) is 0 Å². The lowest BCUT2D eigenvalue weighted by atomic mass is 9.71. The number of fused-ring (bicyclic) bond motifs is 1. The summed E-state index contributed by atoms with van der Waals surface area (Å²) in [5, 5.41) is 8.97. The Morgan fingerprint density at radius 2 is 1.33 bits per heavy atom. The van der Waals surface area contributed by atoms with E-state index in [0.29, 0.717) is 22.6 Å². The van der Waals surface area contributed by atoms with Crippen molar-refractivity contribution < 1.29 is 19.5 Å². The average Bonchev–Trinajstić information content (AvgIpc) is 2.84. The SMILES string of the molecule is CC(=Cc1ccc(C(=O)C(=O)c2ccc3c(c2)C(C)(C)C(C)C3(C)C)cc1)C(=O)O. The summed E-state index contributed by atoms with van der Waals surface area (Å²) in [6, 6.07) is 12.0. The second-order valence-electron chi connectivity index (χ2n) is 9.34. The van der Waals surface area contributed by atoms with E-state index in [1.807, 2.05) is 12.1 Å². The molecule has 0 fully saturated rings. The highest BCUT2D eigenvalue weighted by Gasteiger charge is 2.48. The molecule has 0 heterocycles. The van der Waals surface area contributed by atoms with Crippen LogP contribution in [0.25, 0.3) is 6.08 Å². The third kappa shape index (κ3) is 3.51. The predicted molar refractivity (Wildman–Crippen MR) is 118 cm³/mol. The lowest BCUT2D eigenvalue weighted by Gasteiger charge is -2.32. The Hall–Kier alpha value is -3.01. The molecule has 0 spiro atoms. The monoisotopic (exact) mass is 404 g/mol. The lowest BCUT2D eigenvalue weighted by Crippen LogP contribution is -2.30. The van der Waals surface area contributed by atoms with Gasteiger partial charge in [0.15, 0.2) is 0 Å². The first-order valence-electron chi connectivity index (χ1n) is 10.1. The molecule has 2 aromatic carbocycles. The minimum Gasteiger partial charge on any atom is -0.478 e. The van der Waals surface area contributed by atoms with Gasteiger partial charge in [-0.05, 0) is 52.5 Å². The van der Waals surface area contributed by atoms with Gasteiger partial charge in [-0.25, -0.2) is 4.79 Å². The number of benzene rings is 2. The molecule has 0 amide bonds. The first-order valence-corrected chi connectivity index (χ1v) is 10.1. The van der Waals surface area contributed by atoms with Crippen molar-refractivity contribution in [2.75, 3.05) is 0 Å². The van der Waals surface area contributed by atoms with Crippen LogP contribution in [0.2, 0.25) is 0 Å². The van der Waals surface area contributed by atoms with Crippen LogP contribution in [0.4, 0.5) is 0 Å². The maximum atomic E-state index is 12.9. The molecule has 1 N–H and O–H groups in total. The molecule has 156 valence electrons. The number of hydrogen-bond acceptors (Lipinski definition) is 3. The normalized spacial score (nSPS) is 19.3. The van der Waals surface area contributed by atoms with Gasteiger partial charge < -0.3 is 5.11 Å². The van der Waals surface area contributed by atoms with Gasteiger partial charge in [-0.15, -0.1) is 0 Å². The van der Waals surface area contributed by atoms with E-state index < -0.39 is 17.5 Å². The Balaban J connectivity index is 1.90. The van der Waals surface area contributed by atoms with E-state index in [0.717, 1.165) is 5.56 Å². The fourth-order valence-electron chi connectivity index (χ4n) is 4.45. The molecule has 30 heavy (non-hydrogen) atoms. The number of carboxylic acid groups (broad SMARTS) is 1. The topological polar surface area (TPSA) is 71.4 Å². The smallest absolute Gasteiger partial charge is 0.331 e. The van der Waals surface area contributed by atoms with E-state index in [1.165, 1.54) is 18.6 Å². The molecular formula is C26H28O4. The van der Waals surface area contributed by atoms with Crippen molar-refractivity contribution >= 4 is 23.6 Å². The highest BCUT2D eigenvalue weighted by atomic mass is 16.4. The van der Waals surface area contributed by atoms with Crippen LogP contribution < -0.4 is 0 Å². The third-order valence-corrected chi connectivity index (χ3v) is 6.93. The summed E-state index contributed by atoms with van der Waals surface area (Å²) in [7, 11) is 0. The molecule has 0 bridgehead atoms. The molecule has 1 unspecified atom stereocenters. The minimum absolute atomic E-state index is 0.00184. The summed E-state index contributed by atoms with van der Waals surface area (Å²) < 4.78 is 0. The van der Waals surface area contributed by atoms with Crippen molar-refractivity contribution in [2.45, 2.75) is 52.4 Å². The molecule has 3 rings (SSSR count). The van der Waals surface area contributed by atoms with Crippen LogP contribution in [0, 0.1) is 5.92 Å². The summed E-state index contributed by atoms with van der Waals surface area (Å²) in [6.07, 6.45) is 1.52. The zero-order chi connectivity index (χ0) is 22.4. The summed E-state index contributed by atoms with van der Waals surface area (Å²) >= 11 is 0. The molecular weight excluding hydrogens is 376 g/mol. The standard InChI is InChI=1S/C26H28O4/c1-15(24(29)30)13-17-7-9-18(10-8-17)22(27)23(28)19-11-12-20-21(14-19)26(5,6)16(2)25(20,3)4/h7-14,16H,1-6H3,(H,29,30). The van der Waals surface area contributed by atoms with Gasteiger partial charge >= 0.3 is 5.97 Å². The highest BCUT2D eigenvalue weighted by molar-refractivity contribution is 6.49. The van der Waals surface area contributed by atoms with E-state index >= 15 is 0 Å². The van der Waals surface area contributed by atoms with Gasteiger partial charge in [-0.1, -0.05) is 71.0 Å². The highest BCUT2D eigenvalue weighted by Crippen LogP contribution is 2.53. The molecule has 0 saturated carbocycles. The molecule has 1 aliphatic carbocycles. The van der Waals surface area contributed by atoms with E-state index in [9.17, 15) is 14.4 Å². The number of carbonyl (C=O) groups excluding carboxylic acids is 2. The fourth-order valence-corrected chi connectivity index (χ4v) is 4.45. The third-order valence-electron chi connectivity index (χ3n) is 6.93. The molecule has 1 atom stereocenters. The van der Waals surface area contributed by atoms with Crippen molar-refractivity contribution in [3.05, 3.63) is 75.9 Å². The van der Waals surface area contributed by atoms with Gasteiger partial charge in [-0.3, -0.25) is 9.59 Å². The van der Waals surface area contributed by atoms with Crippen LogP contribution in [0.5, 0.6) is 0 Å². The first-order chi connectivity index (χ1) is 13.9. The molecule has 0 radical (unpaired) electrons. The van der Waals surface area contributed by atoms with Crippen LogP contribution in [0.3, 0.4) is 0 Å². The van der Waals surface area contributed by atoms with E-state index in [2.05, 4.69) is 34.6 Å². The van der Waals surface area contributed by atoms with Crippen molar-refractivity contribution in [3.8, 4) is 0 Å². The maximum absolute atomic E-state index is 12.9. The molecule has 0 aliphatic heterocycles. The number of ketones is 2. The van der Waals surface area contributed by atoms with Crippen molar-refractivity contribution in [3.63, 3.8) is 0 Å². The zero-order valence-electron chi connectivity index (χ0n) is 18.4. The first kappa shape index (κ1) is 21.7. The maximum Gasteiger partial charge on any atom is 0.331 e. The van der Waals surface area contributed by atoms with Gasteiger partial charge in [0, 0.05) is 16.7 Å². The summed E-state index contributed by atoms with van der Waals surface area (Å²) in [4.78, 5) is 36.6. The zero-order valence-corrected chi connectivity index (χ0v) is 18.4. The molecule has 4 heteroatoms. The molecule has 0 aromatic heterocycles. The predicted octanol–water partition coefficient (Wildman–Crippen LogP) is 5.45. The number of rotatable bonds is 5. The number of carboxylic acids is 1. The Morgan fingerprint density at radius 3 is 1.90 bits per heavy atom. The van der Waals surface area contributed by atoms with Gasteiger partial charge in [0.2, 0.25) is 11.6 Å². The summed E-state index contributed by atoms with van der Waals surface area (Å²) in [5.74, 6) is -1.70. The summed E-state index contributed by atoms with van der Waals surface area (Å²) in [5.41, 5.74) is 3.83. The average molecular weight is 405 g/mol. The van der Waals surface area contributed by atoms with Crippen molar-refractivity contribution in [1.29, 1.82) is 0 Å². The summed E-state index contributed by atoms with van der Waals surface area (Å²) in [6.45, 7) is 12.6. The Labute approximate surface area is 177 Å². The van der Waals surface area contributed by atoms with Crippen LogP contribution >= 0.6 is 0 Å². The molecule has 2 aromatic rings. The van der Waals surface area contributed by atoms with Crippen LogP contribution in [0.15, 0.2) is 48.0 Å². The van der Waals surface area contributed by atoms with Crippen LogP contribution in [-0.4, -0.2) is 22.6 Å². The van der Waals surface area contributed by atoms with Crippen LogP contribution in [-0.2, 0) is 15.6 Å². The number of carbonyl (C=O) groups is 3. The van der Waals surface area contributed by atoms with Crippen LogP contribution in [0.1, 0.15) is 78.9 Å². The Kier molecular flexibility index (Phi) is 5.32. The van der Waals surface area contributed by atoms with E-state index in [-0.39, 0.29) is 16.4 Å². The number of hydrogen-bond donors (Lipinski definition) is 1. The number of Topliss-reactive ketones (excluding diaryl/α,β-unsaturated/α-hetero) is 2. The quantitative estimate of drug-likeness (QED) is 0.409. The lowest BCUT2D eigenvalue weighted by molar-refractivity contribution is -0.132. The van der Waals surface area contributed by atoms with E-state index in [1.54, 1.807) is 30.3 Å². The van der Waals surface area contributed by atoms with Crippen molar-refractivity contribution in [2.24, 2.45) is 5.92 Å². The largest absolute Gasteiger partial charge is 0.478 e. The van der Waals surface area contributed by atoms with E-state index in [4.69, 9.17) is 5.11 Å².